The molecule has 2 N–H and O–H groups in total. The number of phenols is 1. The first-order chi connectivity index (χ1) is 8.56. The second-order valence-electron chi connectivity index (χ2n) is 5.20. The number of aromatic hydroxyl groups is 1. The second-order valence-corrected chi connectivity index (χ2v) is 5.64. The van der Waals surface area contributed by atoms with Gasteiger partial charge in [0.05, 0.1) is 0 Å². The van der Waals surface area contributed by atoms with Crippen LogP contribution in [0.4, 0.5) is 0 Å². The van der Waals surface area contributed by atoms with E-state index in [0.29, 0.717) is 29.4 Å². The molecule has 100 valence electrons. The molecule has 2 atom stereocenters. The quantitative estimate of drug-likeness (QED) is 0.885. The molecular weight excluding hydrogens is 248 g/mol. The van der Waals surface area contributed by atoms with Crippen LogP contribution in [0.5, 0.6) is 5.75 Å². The Bertz CT molecular complexity index is 411. The molecule has 0 aliphatic carbocycles. The van der Waals surface area contributed by atoms with Crippen molar-refractivity contribution in [3.63, 3.8) is 0 Å². The summed E-state index contributed by atoms with van der Waals surface area (Å²) in [4.78, 5) is 2.38. The lowest BCUT2D eigenvalue weighted by molar-refractivity contribution is 0.168. The minimum atomic E-state index is 0.313. The Labute approximate surface area is 114 Å². The number of piperidine rings is 1. The Morgan fingerprint density at radius 3 is 3.00 bits per heavy atom. The van der Waals surface area contributed by atoms with Gasteiger partial charge >= 0.3 is 0 Å². The summed E-state index contributed by atoms with van der Waals surface area (Å²) < 4.78 is 0. The van der Waals surface area contributed by atoms with Crippen molar-refractivity contribution in [1.29, 1.82) is 0 Å². The number of phenolic OH excluding ortho intramolecular Hbond substituents is 1. The predicted molar refractivity (Wildman–Crippen MR) is 75.1 cm³/mol. The summed E-state index contributed by atoms with van der Waals surface area (Å²) in [6, 6.07) is 6.32. The molecule has 0 saturated carbocycles. The Kier molecular flexibility index (Phi) is 4.49. The Morgan fingerprint density at radius 2 is 2.28 bits per heavy atom. The van der Waals surface area contributed by atoms with Crippen LogP contribution in [-0.4, -0.2) is 35.7 Å². The van der Waals surface area contributed by atoms with Crippen LogP contribution in [0.15, 0.2) is 18.2 Å². The van der Waals surface area contributed by atoms with Gasteiger partial charge in [-0.15, -0.1) is 0 Å². The van der Waals surface area contributed by atoms with Gasteiger partial charge in [-0.3, -0.25) is 0 Å². The van der Waals surface area contributed by atoms with Crippen LogP contribution in [0.25, 0.3) is 0 Å². The van der Waals surface area contributed by atoms with Crippen LogP contribution in [0.3, 0.4) is 0 Å². The van der Waals surface area contributed by atoms with Gasteiger partial charge in [0, 0.05) is 29.2 Å². The first-order valence-electron chi connectivity index (χ1n) is 6.47. The summed E-state index contributed by atoms with van der Waals surface area (Å²) in [7, 11) is 2.17. The van der Waals surface area contributed by atoms with E-state index in [-0.39, 0.29) is 0 Å². The van der Waals surface area contributed by atoms with E-state index in [1.165, 1.54) is 0 Å². The molecule has 0 bridgehead atoms. The van der Waals surface area contributed by atoms with Crippen molar-refractivity contribution in [2.45, 2.75) is 38.4 Å². The molecule has 1 heterocycles. The minimum Gasteiger partial charge on any atom is -0.508 e. The summed E-state index contributed by atoms with van der Waals surface area (Å²) >= 11 is 5.94. The summed E-state index contributed by atoms with van der Waals surface area (Å²) in [6.45, 7) is 4.05. The average Bonchev–Trinajstić information content (AvgIpc) is 2.34. The third kappa shape index (κ3) is 3.37. The van der Waals surface area contributed by atoms with Crippen LogP contribution in [0, 0.1) is 0 Å². The van der Waals surface area contributed by atoms with Gasteiger partial charge in [0.2, 0.25) is 0 Å². The monoisotopic (exact) mass is 268 g/mol. The highest BCUT2D eigenvalue weighted by Gasteiger charge is 2.22. The van der Waals surface area contributed by atoms with Gasteiger partial charge in [0.1, 0.15) is 5.75 Å². The number of hydrogen-bond donors (Lipinski definition) is 2. The molecule has 1 aliphatic rings. The predicted octanol–water partition coefficient (Wildman–Crippen LogP) is 2.62. The third-order valence-electron chi connectivity index (χ3n) is 3.83. The maximum Gasteiger partial charge on any atom is 0.120 e. The Morgan fingerprint density at radius 1 is 1.50 bits per heavy atom. The Hall–Kier alpha value is -0.770. The molecule has 1 aromatic rings. The van der Waals surface area contributed by atoms with Crippen molar-refractivity contribution in [2.75, 3.05) is 13.6 Å². The highest BCUT2D eigenvalue weighted by Crippen LogP contribution is 2.22. The van der Waals surface area contributed by atoms with Gasteiger partial charge in [0.25, 0.3) is 0 Å². The van der Waals surface area contributed by atoms with Gasteiger partial charge < -0.3 is 15.3 Å². The van der Waals surface area contributed by atoms with E-state index in [1.807, 2.05) is 6.07 Å². The molecule has 1 saturated heterocycles. The lowest BCUT2D eigenvalue weighted by atomic mass is 9.98. The van der Waals surface area contributed by atoms with E-state index in [9.17, 15) is 5.11 Å². The zero-order valence-electron chi connectivity index (χ0n) is 11.0. The maximum atomic E-state index is 9.75. The zero-order valence-corrected chi connectivity index (χ0v) is 11.7. The fraction of sp³-hybridized carbons (Fsp3) is 0.571. The fourth-order valence-electron chi connectivity index (χ4n) is 2.42. The van der Waals surface area contributed by atoms with E-state index in [4.69, 9.17) is 11.6 Å². The summed E-state index contributed by atoms with van der Waals surface area (Å²) in [5, 5.41) is 13.9. The van der Waals surface area contributed by atoms with E-state index >= 15 is 0 Å². The van der Waals surface area contributed by atoms with Gasteiger partial charge in [-0.2, -0.15) is 0 Å². The van der Waals surface area contributed by atoms with E-state index < -0.39 is 0 Å². The molecule has 1 fully saturated rings. The van der Waals surface area contributed by atoms with Crippen LogP contribution >= 0.6 is 11.6 Å². The topological polar surface area (TPSA) is 35.5 Å². The van der Waals surface area contributed by atoms with Crippen molar-refractivity contribution in [3.8, 4) is 5.75 Å². The van der Waals surface area contributed by atoms with Crippen molar-refractivity contribution in [1.82, 2.24) is 10.2 Å². The molecule has 3 nitrogen and oxygen atoms in total. The molecule has 1 aliphatic heterocycles. The first-order valence-corrected chi connectivity index (χ1v) is 6.85. The largest absolute Gasteiger partial charge is 0.508 e. The molecule has 0 aromatic heterocycles. The molecule has 2 rings (SSSR count). The van der Waals surface area contributed by atoms with Crippen molar-refractivity contribution in [2.24, 2.45) is 0 Å². The fourth-order valence-corrected chi connectivity index (χ4v) is 2.62. The molecule has 4 heteroatoms. The first kappa shape index (κ1) is 13.7. The number of benzene rings is 1. The molecule has 1 aromatic carbocycles. The smallest absolute Gasteiger partial charge is 0.120 e. The Balaban J connectivity index is 1.90. The number of nitrogens with one attached hydrogen (secondary N) is 1. The van der Waals surface area contributed by atoms with Gasteiger partial charge in [-0.05, 0) is 51.6 Å². The molecule has 0 amide bonds. The molecule has 0 spiro atoms. The summed E-state index contributed by atoms with van der Waals surface area (Å²) in [5.41, 5.74) is 0.870. The molecule has 0 radical (unpaired) electrons. The lowest BCUT2D eigenvalue weighted by Gasteiger charge is -2.35. The van der Waals surface area contributed by atoms with Crippen LogP contribution in [0.2, 0.25) is 5.02 Å². The number of halogens is 1. The lowest BCUT2D eigenvalue weighted by Crippen LogP contribution is -2.45. The number of likely N-dealkylation sites (tertiary alicyclic amines) is 1. The van der Waals surface area contributed by atoms with E-state index in [2.05, 4.69) is 24.2 Å². The van der Waals surface area contributed by atoms with E-state index in [1.54, 1.807) is 12.1 Å². The average molecular weight is 269 g/mol. The zero-order chi connectivity index (χ0) is 13.1. The highest BCUT2D eigenvalue weighted by molar-refractivity contribution is 6.30. The molecule has 18 heavy (non-hydrogen) atoms. The second kappa shape index (κ2) is 5.91. The maximum absolute atomic E-state index is 9.75. The number of nitrogens with zero attached hydrogens (tertiary/aromatic N) is 1. The normalized spacial score (nSPS) is 25.3. The molecular formula is C14H21ClN2O. The number of hydrogen-bond acceptors (Lipinski definition) is 3. The highest BCUT2D eigenvalue weighted by atomic mass is 35.5. The van der Waals surface area contributed by atoms with Crippen LogP contribution < -0.4 is 5.32 Å². The van der Waals surface area contributed by atoms with Crippen molar-refractivity contribution >= 4 is 11.6 Å². The van der Waals surface area contributed by atoms with Gasteiger partial charge in [-0.1, -0.05) is 11.6 Å². The van der Waals surface area contributed by atoms with E-state index in [0.717, 1.165) is 24.9 Å². The van der Waals surface area contributed by atoms with Crippen molar-refractivity contribution < 1.29 is 5.11 Å². The van der Waals surface area contributed by atoms with Gasteiger partial charge in [-0.25, -0.2) is 0 Å². The third-order valence-corrected chi connectivity index (χ3v) is 4.07. The SMILES string of the molecule is CC1CC(NCc2cc(Cl)ccc2O)CCN1C. The van der Waals surface area contributed by atoms with Gasteiger partial charge in [0.15, 0.2) is 0 Å². The van der Waals surface area contributed by atoms with Crippen LogP contribution in [0.1, 0.15) is 25.3 Å². The standard InChI is InChI=1S/C14H21ClN2O/c1-10-7-13(5-6-17(10)2)16-9-11-8-12(15)3-4-14(11)18/h3-4,8,10,13,16,18H,5-7,9H2,1-2H3. The summed E-state index contributed by atoms with van der Waals surface area (Å²) in [5.74, 6) is 0.313. The van der Waals surface area contributed by atoms with Crippen molar-refractivity contribution in [3.05, 3.63) is 28.8 Å². The van der Waals surface area contributed by atoms with Crippen LogP contribution in [-0.2, 0) is 6.54 Å². The molecule has 2 unspecified atom stereocenters. The minimum absolute atomic E-state index is 0.313. The number of rotatable bonds is 3. The summed E-state index contributed by atoms with van der Waals surface area (Å²) in [6.07, 6.45) is 2.31.